The van der Waals surface area contributed by atoms with Crippen LogP contribution in [-0.4, -0.2) is 41.7 Å². The highest BCUT2D eigenvalue weighted by molar-refractivity contribution is 5.69. The molecule has 192 valence electrons. The van der Waals surface area contributed by atoms with Gasteiger partial charge in [-0.15, -0.1) is 0 Å². The van der Waals surface area contributed by atoms with Gasteiger partial charge in [-0.2, -0.15) is 26.3 Å². The normalized spacial score (nSPS) is 21.9. The molecule has 2 aromatic rings. The highest BCUT2D eigenvalue weighted by atomic mass is 19.4. The summed E-state index contributed by atoms with van der Waals surface area (Å²) < 4.78 is 99.1. The van der Waals surface area contributed by atoms with Crippen LogP contribution in [0, 0.1) is 5.82 Å². The lowest BCUT2D eigenvalue weighted by atomic mass is 9.91. The van der Waals surface area contributed by atoms with Crippen LogP contribution in [0.5, 0.6) is 0 Å². The van der Waals surface area contributed by atoms with Gasteiger partial charge in [0, 0.05) is 12.0 Å². The largest absolute Gasteiger partial charge is 0.480 e. The average molecular weight is 507 g/mol. The van der Waals surface area contributed by atoms with Crippen molar-refractivity contribution in [3.05, 3.63) is 70.5 Å². The molecule has 4 atom stereocenters. The maximum atomic E-state index is 13.5. The van der Waals surface area contributed by atoms with Gasteiger partial charge in [-0.05, 0) is 68.3 Å². The predicted molar refractivity (Wildman–Crippen MR) is 112 cm³/mol. The highest BCUT2D eigenvalue weighted by Crippen LogP contribution is 2.43. The number of aliphatic carboxylic acids is 1. The van der Waals surface area contributed by atoms with E-state index in [1.807, 2.05) is 0 Å². The summed E-state index contributed by atoms with van der Waals surface area (Å²) >= 11 is 0. The standard InChI is InChI=1S/C24H24F7NO3/c1-13(15-9-16(23(26,27)28)11-17(10-15)24(29,30)31)35-20-8-7-19(32(2)12-21(33)34)22(20)14-3-5-18(25)6-4-14/h3-6,9-11,13,19-20,22H,7-8,12H2,1-2H3,(H,33,34)/t13-,19?,20?,22?/m0/s1. The van der Waals surface area contributed by atoms with Gasteiger partial charge in [0.1, 0.15) is 5.82 Å². The van der Waals surface area contributed by atoms with Gasteiger partial charge in [-0.3, -0.25) is 9.69 Å². The van der Waals surface area contributed by atoms with Crippen molar-refractivity contribution in [3.8, 4) is 0 Å². The van der Waals surface area contributed by atoms with E-state index in [0.29, 0.717) is 30.5 Å². The fraction of sp³-hybridized carbons (Fsp3) is 0.458. The molecule has 0 bridgehead atoms. The summed E-state index contributed by atoms with van der Waals surface area (Å²) in [6, 6.07) is 6.46. The van der Waals surface area contributed by atoms with Crippen LogP contribution in [0.2, 0.25) is 0 Å². The minimum atomic E-state index is -4.98. The van der Waals surface area contributed by atoms with Gasteiger partial charge < -0.3 is 9.84 Å². The summed E-state index contributed by atoms with van der Waals surface area (Å²) in [5.74, 6) is -2.03. The summed E-state index contributed by atoms with van der Waals surface area (Å²) in [5, 5.41) is 9.17. The number of ether oxygens (including phenoxy) is 1. The third-order valence-electron chi connectivity index (χ3n) is 6.23. The highest BCUT2D eigenvalue weighted by Gasteiger charge is 2.42. The molecule has 35 heavy (non-hydrogen) atoms. The molecule has 1 fully saturated rings. The number of nitrogens with zero attached hydrogens (tertiary/aromatic N) is 1. The van der Waals surface area contributed by atoms with Crippen molar-refractivity contribution < 1.29 is 45.4 Å². The van der Waals surface area contributed by atoms with E-state index in [2.05, 4.69) is 0 Å². The number of halogens is 7. The van der Waals surface area contributed by atoms with Gasteiger partial charge in [-0.1, -0.05) is 12.1 Å². The number of alkyl halides is 6. The minimum Gasteiger partial charge on any atom is -0.480 e. The van der Waals surface area contributed by atoms with E-state index in [9.17, 15) is 40.6 Å². The van der Waals surface area contributed by atoms with E-state index in [1.165, 1.54) is 31.2 Å². The molecule has 0 saturated heterocycles. The van der Waals surface area contributed by atoms with E-state index < -0.39 is 53.4 Å². The fourth-order valence-electron chi connectivity index (χ4n) is 4.60. The van der Waals surface area contributed by atoms with Gasteiger partial charge in [0.2, 0.25) is 0 Å². The molecule has 4 nitrogen and oxygen atoms in total. The zero-order valence-electron chi connectivity index (χ0n) is 18.8. The molecular formula is C24H24F7NO3. The number of carbonyl (C=O) groups is 1. The second-order valence-corrected chi connectivity index (χ2v) is 8.69. The van der Waals surface area contributed by atoms with Gasteiger partial charge in [0.25, 0.3) is 0 Å². The van der Waals surface area contributed by atoms with Crippen LogP contribution in [0.15, 0.2) is 42.5 Å². The Hall–Kier alpha value is -2.66. The monoisotopic (exact) mass is 507 g/mol. The molecular weight excluding hydrogens is 483 g/mol. The summed E-state index contributed by atoms with van der Waals surface area (Å²) in [6.07, 6.45) is -10.9. The Morgan fingerprint density at radius 3 is 2.06 bits per heavy atom. The molecule has 0 aliphatic heterocycles. The van der Waals surface area contributed by atoms with Crippen molar-refractivity contribution in [3.63, 3.8) is 0 Å². The first-order valence-electron chi connectivity index (χ1n) is 10.8. The molecule has 2 aromatic carbocycles. The number of hydrogen-bond acceptors (Lipinski definition) is 3. The third-order valence-corrected chi connectivity index (χ3v) is 6.23. The van der Waals surface area contributed by atoms with Crippen molar-refractivity contribution in [2.45, 2.75) is 56.3 Å². The second kappa shape index (κ2) is 10.1. The summed E-state index contributed by atoms with van der Waals surface area (Å²) in [6.45, 7) is 1.08. The maximum absolute atomic E-state index is 13.5. The lowest BCUT2D eigenvalue weighted by Gasteiger charge is -2.32. The Kier molecular flexibility index (Phi) is 7.80. The van der Waals surface area contributed by atoms with Crippen LogP contribution >= 0.6 is 0 Å². The van der Waals surface area contributed by atoms with Crippen LogP contribution in [0.25, 0.3) is 0 Å². The molecule has 11 heteroatoms. The van der Waals surface area contributed by atoms with E-state index >= 15 is 0 Å². The Balaban J connectivity index is 1.94. The number of carboxylic acid groups (broad SMARTS) is 1. The molecule has 0 spiro atoms. The number of likely N-dealkylation sites (N-methyl/N-ethyl adjacent to an activating group) is 1. The molecule has 0 radical (unpaired) electrons. The molecule has 1 aliphatic rings. The zero-order chi connectivity index (χ0) is 26.1. The van der Waals surface area contributed by atoms with E-state index in [0.717, 1.165) is 0 Å². The molecule has 3 rings (SSSR count). The quantitative estimate of drug-likeness (QED) is 0.449. The van der Waals surface area contributed by atoms with Crippen molar-refractivity contribution >= 4 is 5.97 Å². The van der Waals surface area contributed by atoms with Crippen LogP contribution in [0.1, 0.15) is 54.0 Å². The Labute approximate surface area is 197 Å². The molecule has 1 aliphatic carbocycles. The van der Waals surface area contributed by atoms with Crippen molar-refractivity contribution in [1.82, 2.24) is 4.90 Å². The van der Waals surface area contributed by atoms with Crippen molar-refractivity contribution in [2.75, 3.05) is 13.6 Å². The molecule has 1 N–H and O–H groups in total. The topological polar surface area (TPSA) is 49.8 Å². The summed E-state index contributed by atoms with van der Waals surface area (Å²) in [4.78, 5) is 12.8. The van der Waals surface area contributed by atoms with Crippen molar-refractivity contribution in [2.24, 2.45) is 0 Å². The molecule has 1 saturated carbocycles. The number of carboxylic acids is 1. The first-order chi connectivity index (χ1) is 16.2. The van der Waals surface area contributed by atoms with Crippen molar-refractivity contribution in [1.29, 1.82) is 0 Å². The van der Waals surface area contributed by atoms with E-state index in [1.54, 1.807) is 11.9 Å². The first kappa shape index (κ1) is 26.9. The van der Waals surface area contributed by atoms with Crippen LogP contribution in [0.4, 0.5) is 30.7 Å². The summed E-state index contributed by atoms with van der Waals surface area (Å²) in [5.41, 5.74) is -2.52. The first-order valence-corrected chi connectivity index (χ1v) is 10.8. The minimum absolute atomic E-state index is 0.0595. The average Bonchev–Trinajstić information content (AvgIpc) is 3.16. The zero-order valence-corrected chi connectivity index (χ0v) is 18.8. The lowest BCUT2D eigenvalue weighted by Crippen LogP contribution is -2.39. The molecule has 0 amide bonds. The number of hydrogen-bond donors (Lipinski definition) is 1. The van der Waals surface area contributed by atoms with Gasteiger partial charge >= 0.3 is 18.3 Å². The van der Waals surface area contributed by atoms with Gasteiger partial charge in [-0.25, -0.2) is 4.39 Å². The Morgan fingerprint density at radius 2 is 1.57 bits per heavy atom. The molecule has 0 heterocycles. The lowest BCUT2D eigenvalue weighted by molar-refractivity contribution is -0.143. The smallest absolute Gasteiger partial charge is 0.416 e. The fourth-order valence-corrected chi connectivity index (χ4v) is 4.60. The van der Waals surface area contributed by atoms with E-state index in [4.69, 9.17) is 4.74 Å². The Morgan fingerprint density at radius 1 is 1.03 bits per heavy atom. The van der Waals surface area contributed by atoms with Crippen LogP contribution in [-0.2, 0) is 21.9 Å². The summed E-state index contributed by atoms with van der Waals surface area (Å²) in [7, 11) is 1.60. The van der Waals surface area contributed by atoms with Gasteiger partial charge in [0.15, 0.2) is 0 Å². The van der Waals surface area contributed by atoms with E-state index in [-0.39, 0.29) is 24.2 Å². The molecule has 0 aromatic heterocycles. The third kappa shape index (κ3) is 6.52. The van der Waals surface area contributed by atoms with Gasteiger partial charge in [0.05, 0.1) is 29.9 Å². The maximum Gasteiger partial charge on any atom is 0.416 e. The van der Waals surface area contributed by atoms with Crippen LogP contribution < -0.4 is 0 Å². The number of rotatable bonds is 7. The SMILES string of the molecule is C[C@H](OC1CCC(N(C)CC(=O)O)C1c1ccc(F)cc1)c1cc(C(F)(F)F)cc(C(F)(F)F)c1. The molecule has 3 unspecified atom stereocenters. The second-order valence-electron chi connectivity index (χ2n) is 8.69. The van der Waals surface area contributed by atoms with Crippen LogP contribution in [0.3, 0.4) is 0 Å². The Bertz CT molecular complexity index is 1000. The predicted octanol–water partition coefficient (Wildman–Crippen LogP) is 6.27. The number of benzene rings is 2.